The third kappa shape index (κ3) is 5.50. The SMILES string of the molecule is COc1ccc(F)c(-c2ccc(Cc3ccc(N4N=C(C(F)(F)F)CC4CC(=O)O)cc3)cc2C)c1. The van der Waals surface area contributed by atoms with Gasteiger partial charge < -0.3 is 9.84 Å². The van der Waals surface area contributed by atoms with Crippen LogP contribution in [-0.2, 0) is 11.2 Å². The number of hydrogen-bond acceptors (Lipinski definition) is 4. The molecule has 9 heteroatoms. The Bertz CT molecular complexity index is 1300. The zero-order valence-electron chi connectivity index (χ0n) is 19.6. The van der Waals surface area contributed by atoms with Crippen LogP contribution in [0.4, 0.5) is 23.2 Å². The molecule has 5 nitrogen and oxygen atoms in total. The van der Waals surface area contributed by atoms with Gasteiger partial charge in [-0.2, -0.15) is 18.3 Å². The van der Waals surface area contributed by atoms with Gasteiger partial charge in [-0.3, -0.25) is 9.80 Å². The van der Waals surface area contributed by atoms with Gasteiger partial charge in [-0.05, 0) is 65.9 Å². The highest BCUT2D eigenvalue weighted by Crippen LogP contribution is 2.34. The van der Waals surface area contributed by atoms with Gasteiger partial charge in [0.25, 0.3) is 0 Å². The van der Waals surface area contributed by atoms with Crippen molar-refractivity contribution < 1.29 is 32.2 Å². The molecule has 0 spiro atoms. The number of carbonyl (C=O) groups is 1. The number of aryl methyl sites for hydroxylation is 1. The van der Waals surface area contributed by atoms with Crippen molar-refractivity contribution >= 4 is 17.4 Å². The van der Waals surface area contributed by atoms with Gasteiger partial charge in [0.05, 0.1) is 25.3 Å². The molecule has 0 saturated carbocycles. The fourth-order valence-corrected chi connectivity index (χ4v) is 4.34. The molecular formula is C27H24F4N2O3. The maximum absolute atomic E-state index is 14.4. The zero-order valence-corrected chi connectivity index (χ0v) is 19.6. The Hall–Kier alpha value is -3.88. The highest BCUT2D eigenvalue weighted by molar-refractivity contribution is 5.94. The predicted octanol–water partition coefficient (Wildman–Crippen LogP) is 6.37. The average molecular weight is 500 g/mol. The Morgan fingerprint density at radius 3 is 2.36 bits per heavy atom. The van der Waals surface area contributed by atoms with E-state index >= 15 is 0 Å². The summed E-state index contributed by atoms with van der Waals surface area (Å²) in [6.07, 6.45) is -4.98. The molecule has 3 aromatic rings. The number of alkyl halides is 3. The summed E-state index contributed by atoms with van der Waals surface area (Å²) in [6, 6.07) is 16.2. The summed E-state index contributed by atoms with van der Waals surface area (Å²) in [5.74, 6) is -0.972. The van der Waals surface area contributed by atoms with Gasteiger partial charge in [-0.25, -0.2) is 4.39 Å². The number of carboxylic acid groups (broad SMARTS) is 1. The molecule has 0 saturated heterocycles. The smallest absolute Gasteiger partial charge is 0.431 e. The number of carboxylic acids is 1. The van der Waals surface area contributed by atoms with Crippen molar-refractivity contribution in [1.82, 2.24) is 0 Å². The van der Waals surface area contributed by atoms with E-state index < -0.39 is 36.7 Å². The lowest BCUT2D eigenvalue weighted by atomic mass is 9.95. The number of rotatable bonds is 7. The number of aliphatic carboxylic acids is 1. The maximum atomic E-state index is 14.4. The predicted molar refractivity (Wildman–Crippen MR) is 129 cm³/mol. The number of benzene rings is 3. The van der Waals surface area contributed by atoms with E-state index in [2.05, 4.69) is 5.10 Å². The summed E-state index contributed by atoms with van der Waals surface area (Å²) >= 11 is 0. The lowest BCUT2D eigenvalue weighted by molar-refractivity contribution is -0.137. The van der Waals surface area contributed by atoms with Crippen LogP contribution in [0.1, 0.15) is 29.5 Å². The van der Waals surface area contributed by atoms with E-state index in [0.29, 0.717) is 23.4 Å². The van der Waals surface area contributed by atoms with Crippen LogP contribution in [-0.4, -0.2) is 36.1 Å². The topological polar surface area (TPSA) is 62.1 Å². The van der Waals surface area contributed by atoms with Crippen LogP contribution in [0.25, 0.3) is 11.1 Å². The summed E-state index contributed by atoms with van der Waals surface area (Å²) in [5.41, 5.74) is 3.39. The Balaban J connectivity index is 1.53. The van der Waals surface area contributed by atoms with E-state index in [4.69, 9.17) is 9.84 Å². The number of ether oxygens (including phenoxy) is 1. The zero-order chi connectivity index (χ0) is 26.0. The standard InChI is InChI=1S/C27H24F4N2O3/c1-16-11-18(5-9-22(16)23-15-21(36-2)8-10-24(23)28)12-17-3-6-19(7-4-17)33-20(14-26(34)35)13-25(32-33)27(29,30)31/h3-11,15,20H,12-14H2,1-2H3,(H,34,35). The summed E-state index contributed by atoms with van der Waals surface area (Å²) in [5, 5.41) is 13.9. The van der Waals surface area contributed by atoms with E-state index in [1.165, 1.54) is 13.2 Å². The number of hydrazone groups is 1. The quantitative estimate of drug-likeness (QED) is 0.383. The first-order valence-electron chi connectivity index (χ1n) is 11.2. The summed E-state index contributed by atoms with van der Waals surface area (Å²) < 4.78 is 59.1. The molecule has 0 aromatic heterocycles. The summed E-state index contributed by atoms with van der Waals surface area (Å²) in [4.78, 5) is 11.2. The first-order valence-corrected chi connectivity index (χ1v) is 11.2. The molecule has 1 aliphatic rings. The molecule has 0 bridgehead atoms. The fourth-order valence-electron chi connectivity index (χ4n) is 4.34. The normalized spacial score (nSPS) is 15.7. The molecule has 1 atom stereocenters. The van der Waals surface area contributed by atoms with Crippen LogP contribution in [0.5, 0.6) is 5.75 Å². The minimum atomic E-state index is -4.61. The Morgan fingerprint density at radius 1 is 1.06 bits per heavy atom. The molecule has 0 aliphatic carbocycles. The van der Waals surface area contributed by atoms with Crippen molar-refractivity contribution in [3.63, 3.8) is 0 Å². The van der Waals surface area contributed by atoms with Crippen LogP contribution >= 0.6 is 0 Å². The van der Waals surface area contributed by atoms with Gasteiger partial charge in [0.15, 0.2) is 0 Å². The molecule has 0 fully saturated rings. The Kier molecular flexibility index (Phi) is 7.01. The van der Waals surface area contributed by atoms with E-state index in [9.17, 15) is 22.4 Å². The Morgan fingerprint density at radius 2 is 1.75 bits per heavy atom. The van der Waals surface area contributed by atoms with Crippen LogP contribution in [0.15, 0.2) is 65.8 Å². The van der Waals surface area contributed by atoms with Crippen LogP contribution in [0.2, 0.25) is 0 Å². The maximum Gasteiger partial charge on any atom is 0.431 e. The monoisotopic (exact) mass is 500 g/mol. The number of nitrogens with zero attached hydrogens (tertiary/aromatic N) is 2. The van der Waals surface area contributed by atoms with Gasteiger partial charge in [0.1, 0.15) is 17.3 Å². The number of methoxy groups -OCH3 is 1. The van der Waals surface area contributed by atoms with Crippen molar-refractivity contribution in [1.29, 1.82) is 0 Å². The summed E-state index contributed by atoms with van der Waals surface area (Å²) in [7, 11) is 1.52. The Labute approximate surface area is 205 Å². The second kappa shape index (κ2) is 10.0. The molecule has 1 aliphatic heterocycles. The first-order chi connectivity index (χ1) is 17.0. The van der Waals surface area contributed by atoms with Crippen molar-refractivity contribution in [3.8, 4) is 16.9 Å². The highest BCUT2D eigenvalue weighted by Gasteiger charge is 2.43. The van der Waals surface area contributed by atoms with Gasteiger partial charge in [0.2, 0.25) is 0 Å². The molecule has 36 heavy (non-hydrogen) atoms. The lowest BCUT2D eigenvalue weighted by Gasteiger charge is -2.22. The molecule has 1 N–H and O–H groups in total. The van der Waals surface area contributed by atoms with Gasteiger partial charge in [0, 0.05) is 12.0 Å². The van der Waals surface area contributed by atoms with Crippen LogP contribution < -0.4 is 9.75 Å². The minimum Gasteiger partial charge on any atom is -0.497 e. The fraction of sp³-hybridized carbons (Fsp3) is 0.259. The second-order valence-electron chi connectivity index (χ2n) is 8.68. The second-order valence-corrected chi connectivity index (χ2v) is 8.68. The number of hydrogen-bond donors (Lipinski definition) is 1. The van der Waals surface area contributed by atoms with Crippen molar-refractivity contribution in [3.05, 3.63) is 83.2 Å². The largest absolute Gasteiger partial charge is 0.497 e. The molecule has 0 amide bonds. The molecular weight excluding hydrogens is 476 g/mol. The molecule has 4 rings (SSSR count). The number of halogens is 4. The third-order valence-electron chi connectivity index (χ3n) is 6.10. The lowest BCUT2D eigenvalue weighted by Crippen LogP contribution is -2.29. The average Bonchev–Trinajstić information content (AvgIpc) is 3.24. The van der Waals surface area contributed by atoms with Crippen LogP contribution in [0.3, 0.4) is 0 Å². The van der Waals surface area contributed by atoms with Gasteiger partial charge >= 0.3 is 12.1 Å². The van der Waals surface area contributed by atoms with Gasteiger partial charge in [-0.1, -0.05) is 30.3 Å². The molecule has 0 radical (unpaired) electrons. The minimum absolute atomic E-state index is 0.346. The summed E-state index contributed by atoms with van der Waals surface area (Å²) in [6.45, 7) is 1.90. The van der Waals surface area contributed by atoms with Crippen molar-refractivity contribution in [2.24, 2.45) is 5.10 Å². The van der Waals surface area contributed by atoms with E-state index in [0.717, 1.165) is 27.3 Å². The number of anilines is 1. The third-order valence-corrected chi connectivity index (χ3v) is 6.10. The molecule has 1 unspecified atom stereocenters. The first kappa shape index (κ1) is 25.2. The van der Waals surface area contributed by atoms with Crippen LogP contribution in [0, 0.1) is 12.7 Å². The van der Waals surface area contributed by atoms with Crippen molar-refractivity contribution in [2.75, 3.05) is 12.1 Å². The van der Waals surface area contributed by atoms with Gasteiger partial charge in [-0.15, -0.1) is 0 Å². The van der Waals surface area contributed by atoms with Crippen molar-refractivity contribution in [2.45, 2.75) is 38.4 Å². The van der Waals surface area contributed by atoms with E-state index in [1.54, 1.807) is 36.4 Å². The molecule has 188 valence electrons. The molecule has 1 heterocycles. The molecule has 3 aromatic carbocycles. The highest BCUT2D eigenvalue weighted by atomic mass is 19.4. The van der Waals surface area contributed by atoms with E-state index in [-0.39, 0.29) is 5.82 Å². The van der Waals surface area contributed by atoms with E-state index in [1.807, 2.05) is 25.1 Å².